The van der Waals surface area contributed by atoms with E-state index in [1.807, 2.05) is 19.1 Å². The van der Waals surface area contributed by atoms with Gasteiger partial charge in [0.1, 0.15) is 5.82 Å². The van der Waals surface area contributed by atoms with Crippen LogP contribution in [-0.2, 0) is 9.47 Å². The molecule has 1 saturated heterocycles. The summed E-state index contributed by atoms with van der Waals surface area (Å²) in [7, 11) is 1.61. The average molecular weight is 307 g/mol. The molecule has 0 spiro atoms. The molecule has 6 heteroatoms. The van der Waals surface area contributed by atoms with Gasteiger partial charge >= 0.3 is 0 Å². The minimum atomic E-state index is -0.132. The molecule has 0 unspecified atom stereocenters. The molecule has 1 N–H and O–H groups in total. The number of carbonyl (C=O) groups is 1. The minimum Gasteiger partial charge on any atom is -0.383 e. The normalized spacial score (nSPS) is 23.2. The quantitative estimate of drug-likeness (QED) is 0.892. The first kappa shape index (κ1) is 16.7. The second kappa shape index (κ2) is 7.56. The number of rotatable bonds is 5. The molecular formula is C16H25N3O3. The van der Waals surface area contributed by atoms with Gasteiger partial charge in [-0.3, -0.25) is 4.79 Å². The van der Waals surface area contributed by atoms with Crippen molar-refractivity contribution in [1.29, 1.82) is 0 Å². The number of morpholine rings is 1. The zero-order chi connectivity index (χ0) is 16.1. The first-order valence-corrected chi connectivity index (χ1v) is 7.66. The average Bonchev–Trinajstić information content (AvgIpc) is 2.46. The SMILES string of the molecule is COC[C@H](C)NC(=O)c1ccc(N2C[C@@H](C)O[C@H](C)C2)nc1. The number of aromatic nitrogens is 1. The molecule has 122 valence electrons. The highest BCUT2D eigenvalue weighted by Crippen LogP contribution is 2.18. The Bertz CT molecular complexity index is 482. The molecule has 0 aromatic carbocycles. The summed E-state index contributed by atoms with van der Waals surface area (Å²) in [6, 6.07) is 3.67. The Hall–Kier alpha value is -1.66. The van der Waals surface area contributed by atoms with Gasteiger partial charge in [0.25, 0.3) is 5.91 Å². The summed E-state index contributed by atoms with van der Waals surface area (Å²) < 4.78 is 10.7. The number of nitrogens with one attached hydrogen (secondary N) is 1. The highest BCUT2D eigenvalue weighted by atomic mass is 16.5. The van der Waals surface area contributed by atoms with Crippen molar-refractivity contribution in [3.63, 3.8) is 0 Å². The number of hydrogen-bond acceptors (Lipinski definition) is 5. The van der Waals surface area contributed by atoms with Crippen molar-refractivity contribution in [2.45, 2.75) is 39.0 Å². The Morgan fingerprint density at radius 2 is 2.14 bits per heavy atom. The monoisotopic (exact) mass is 307 g/mol. The molecular weight excluding hydrogens is 282 g/mol. The van der Waals surface area contributed by atoms with Gasteiger partial charge in [0, 0.05) is 32.4 Å². The van der Waals surface area contributed by atoms with Crippen LogP contribution in [0.15, 0.2) is 18.3 Å². The largest absolute Gasteiger partial charge is 0.383 e. The van der Waals surface area contributed by atoms with E-state index in [1.54, 1.807) is 13.3 Å². The predicted octanol–water partition coefficient (Wildman–Crippen LogP) is 1.46. The molecule has 0 radical (unpaired) electrons. The fraction of sp³-hybridized carbons (Fsp3) is 0.625. The maximum atomic E-state index is 12.1. The number of ether oxygens (including phenoxy) is 2. The topological polar surface area (TPSA) is 63.7 Å². The van der Waals surface area contributed by atoms with E-state index in [1.165, 1.54) is 0 Å². The van der Waals surface area contributed by atoms with Gasteiger partial charge in [0.15, 0.2) is 0 Å². The van der Waals surface area contributed by atoms with Crippen molar-refractivity contribution in [1.82, 2.24) is 10.3 Å². The molecule has 6 nitrogen and oxygen atoms in total. The first-order chi connectivity index (χ1) is 10.5. The third kappa shape index (κ3) is 4.42. The molecule has 1 aliphatic heterocycles. The Kier molecular flexibility index (Phi) is 5.74. The molecule has 2 rings (SSSR count). The number of carbonyl (C=O) groups excluding carboxylic acids is 1. The van der Waals surface area contributed by atoms with Crippen LogP contribution >= 0.6 is 0 Å². The molecule has 1 fully saturated rings. The Balaban J connectivity index is 1.99. The number of hydrogen-bond donors (Lipinski definition) is 1. The number of anilines is 1. The molecule has 1 amide bonds. The molecule has 1 aromatic rings. The van der Waals surface area contributed by atoms with Gasteiger partial charge in [-0.1, -0.05) is 0 Å². The Morgan fingerprint density at radius 1 is 1.45 bits per heavy atom. The van der Waals surface area contributed by atoms with E-state index in [9.17, 15) is 4.79 Å². The fourth-order valence-electron chi connectivity index (χ4n) is 2.67. The van der Waals surface area contributed by atoms with Gasteiger partial charge < -0.3 is 19.7 Å². The van der Waals surface area contributed by atoms with E-state index in [-0.39, 0.29) is 24.2 Å². The van der Waals surface area contributed by atoms with E-state index in [0.717, 1.165) is 18.9 Å². The molecule has 1 aromatic heterocycles. The van der Waals surface area contributed by atoms with Crippen LogP contribution in [0.2, 0.25) is 0 Å². The van der Waals surface area contributed by atoms with E-state index in [0.29, 0.717) is 12.2 Å². The van der Waals surface area contributed by atoms with Crippen molar-refractivity contribution in [2.24, 2.45) is 0 Å². The Labute approximate surface area is 131 Å². The molecule has 3 atom stereocenters. The second-order valence-corrected chi connectivity index (χ2v) is 5.90. The van der Waals surface area contributed by atoms with Crippen LogP contribution in [0.3, 0.4) is 0 Å². The van der Waals surface area contributed by atoms with Crippen molar-refractivity contribution >= 4 is 11.7 Å². The van der Waals surface area contributed by atoms with Crippen molar-refractivity contribution in [2.75, 3.05) is 31.7 Å². The van der Waals surface area contributed by atoms with E-state index in [4.69, 9.17) is 9.47 Å². The van der Waals surface area contributed by atoms with E-state index < -0.39 is 0 Å². The lowest BCUT2D eigenvalue weighted by molar-refractivity contribution is -0.00546. The zero-order valence-corrected chi connectivity index (χ0v) is 13.7. The highest BCUT2D eigenvalue weighted by Gasteiger charge is 2.23. The predicted molar refractivity (Wildman–Crippen MR) is 85.3 cm³/mol. The summed E-state index contributed by atoms with van der Waals surface area (Å²) in [5.74, 6) is 0.746. The van der Waals surface area contributed by atoms with Crippen LogP contribution in [0, 0.1) is 0 Å². The van der Waals surface area contributed by atoms with E-state index in [2.05, 4.69) is 29.0 Å². The molecule has 1 aliphatic rings. The van der Waals surface area contributed by atoms with Crippen molar-refractivity contribution < 1.29 is 14.3 Å². The summed E-state index contributed by atoms with van der Waals surface area (Å²) in [5.41, 5.74) is 0.557. The van der Waals surface area contributed by atoms with Crippen LogP contribution in [-0.4, -0.2) is 55.9 Å². The third-order valence-electron chi connectivity index (χ3n) is 3.55. The van der Waals surface area contributed by atoms with Gasteiger partial charge in [-0.2, -0.15) is 0 Å². The summed E-state index contributed by atoms with van der Waals surface area (Å²) in [6.45, 7) is 8.13. The fourth-order valence-corrected chi connectivity index (χ4v) is 2.67. The van der Waals surface area contributed by atoms with Crippen LogP contribution < -0.4 is 10.2 Å². The summed E-state index contributed by atoms with van der Waals surface area (Å²) in [5, 5.41) is 2.87. The lowest BCUT2D eigenvalue weighted by Gasteiger charge is -2.36. The summed E-state index contributed by atoms with van der Waals surface area (Å²) in [6.07, 6.45) is 1.99. The van der Waals surface area contributed by atoms with Gasteiger partial charge in [0.05, 0.1) is 24.4 Å². The summed E-state index contributed by atoms with van der Waals surface area (Å²) >= 11 is 0. The highest BCUT2D eigenvalue weighted by molar-refractivity contribution is 5.94. The lowest BCUT2D eigenvalue weighted by atomic mass is 10.2. The number of methoxy groups -OCH3 is 1. The van der Waals surface area contributed by atoms with Gasteiger partial charge in [-0.25, -0.2) is 4.98 Å². The number of pyridine rings is 1. The first-order valence-electron chi connectivity index (χ1n) is 7.66. The van der Waals surface area contributed by atoms with Gasteiger partial charge in [-0.15, -0.1) is 0 Å². The molecule has 22 heavy (non-hydrogen) atoms. The van der Waals surface area contributed by atoms with E-state index >= 15 is 0 Å². The molecule has 0 aliphatic carbocycles. The second-order valence-electron chi connectivity index (χ2n) is 5.90. The zero-order valence-electron chi connectivity index (χ0n) is 13.7. The number of nitrogens with zero attached hydrogens (tertiary/aromatic N) is 2. The van der Waals surface area contributed by atoms with Crippen LogP contribution in [0.4, 0.5) is 5.82 Å². The molecule has 0 saturated carbocycles. The summed E-state index contributed by atoms with van der Waals surface area (Å²) in [4.78, 5) is 18.7. The smallest absolute Gasteiger partial charge is 0.253 e. The lowest BCUT2D eigenvalue weighted by Crippen LogP contribution is -2.45. The maximum absolute atomic E-state index is 12.1. The minimum absolute atomic E-state index is 0.0295. The maximum Gasteiger partial charge on any atom is 0.253 e. The van der Waals surface area contributed by atoms with Crippen LogP contribution in [0.1, 0.15) is 31.1 Å². The van der Waals surface area contributed by atoms with Gasteiger partial charge in [-0.05, 0) is 32.9 Å². The molecule has 0 bridgehead atoms. The molecule has 2 heterocycles. The van der Waals surface area contributed by atoms with Gasteiger partial charge in [0.2, 0.25) is 0 Å². The Morgan fingerprint density at radius 3 is 2.68 bits per heavy atom. The third-order valence-corrected chi connectivity index (χ3v) is 3.55. The van der Waals surface area contributed by atoms with Crippen LogP contribution in [0.5, 0.6) is 0 Å². The standard InChI is InChI=1S/C16H25N3O3/c1-11(10-21-4)18-16(20)14-5-6-15(17-7-14)19-8-12(2)22-13(3)9-19/h5-7,11-13H,8-10H2,1-4H3,(H,18,20)/t11-,12+,13+/m0/s1. The number of amides is 1. The van der Waals surface area contributed by atoms with Crippen molar-refractivity contribution in [3.05, 3.63) is 23.9 Å². The van der Waals surface area contributed by atoms with Crippen LogP contribution in [0.25, 0.3) is 0 Å². The van der Waals surface area contributed by atoms with Crippen molar-refractivity contribution in [3.8, 4) is 0 Å².